The summed E-state index contributed by atoms with van der Waals surface area (Å²) in [5.74, 6) is 8.45. The summed E-state index contributed by atoms with van der Waals surface area (Å²) in [7, 11) is 0. The number of nitrogens with two attached hydrogens (primary N) is 4. The lowest BCUT2D eigenvalue weighted by molar-refractivity contribution is -0.150. The number of aliphatic carboxylic acids is 1. The van der Waals surface area contributed by atoms with Gasteiger partial charge in [0.1, 0.15) is 12.1 Å². The van der Waals surface area contributed by atoms with Gasteiger partial charge in [0.2, 0.25) is 0 Å². The first-order valence-electron chi connectivity index (χ1n) is 7.19. The first kappa shape index (κ1) is 21.4. The largest absolute Gasteiger partial charge is 0.480 e. The van der Waals surface area contributed by atoms with Crippen LogP contribution in [0.1, 0.15) is 32.6 Å². The second-order valence-corrected chi connectivity index (χ2v) is 4.96. The molecule has 0 aromatic carbocycles. The van der Waals surface area contributed by atoms with Crippen LogP contribution in [0.3, 0.4) is 0 Å². The zero-order chi connectivity index (χ0) is 18.9. The quantitative estimate of drug-likeness (QED) is 0.102. The molecule has 0 saturated heterocycles. The highest BCUT2D eigenvalue weighted by atomic mass is 16.5. The van der Waals surface area contributed by atoms with Gasteiger partial charge < -0.3 is 21.3 Å². The smallest absolute Gasteiger partial charge is 0.330 e. The van der Waals surface area contributed by atoms with Crippen molar-refractivity contribution in [2.45, 2.75) is 44.7 Å². The number of carbonyl (C=O) groups is 4. The molecule has 0 fully saturated rings. The maximum Gasteiger partial charge on any atom is 0.330 e. The van der Waals surface area contributed by atoms with Crippen molar-refractivity contribution in [2.75, 3.05) is 6.61 Å². The van der Waals surface area contributed by atoms with Crippen molar-refractivity contribution < 1.29 is 29.0 Å². The molecule has 0 bridgehead atoms. The summed E-state index contributed by atoms with van der Waals surface area (Å²) in [6.07, 6.45) is 0.836. The average Bonchev–Trinajstić information content (AvgIpc) is 2.49. The highest BCUT2D eigenvalue weighted by Gasteiger charge is 2.32. The van der Waals surface area contributed by atoms with Crippen LogP contribution in [0.25, 0.3) is 0 Å². The lowest BCUT2D eigenvalue weighted by Gasteiger charge is -2.27. The number of amides is 4. The van der Waals surface area contributed by atoms with Gasteiger partial charge in [-0.1, -0.05) is 13.3 Å². The van der Waals surface area contributed by atoms with E-state index < -0.39 is 36.1 Å². The normalized spacial score (nSPS) is 12.8. The van der Waals surface area contributed by atoms with E-state index in [1.54, 1.807) is 0 Å². The van der Waals surface area contributed by atoms with E-state index in [-0.39, 0.29) is 19.4 Å². The third kappa shape index (κ3) is 6.66. The molecule has 0 heterocycles. The van der Waals surface area contributed by atoms with Crippen molar-refractivity contribution in [3.63, 3.8) is 0 Å². The maximum absolute atomic E-state index is 12.0. The fourth-order valence-electron chi connectivity index (χ4n) is 1.79. The summed E-state index contributed by atoms with van der Waals surface area (Å²) in [6, 6.07) is -5.08. The molecule has 12 nitrogen and oxygen atoms in total. The summed E-state index contributed by atoms with van der Waals surface area (Å²) in [4.78, 5) is 45.4. The van der Waals surface area contributed by atoms with Crippen molar-refractivity contribution in [1.82, 2.24) is 10.0 Å². The molecule has 0 spiro atoms. The second-order valence-electron chi connectivity index (χ2n) is 4.96. The molecule has 0 aromatic heterocycles. The van der Waals surface area contributed by atoms with Crippen molar-refractivity contribution in [1.29, 1.82) is 0 Å². The molecule has 0 rings (SSSR count). The molecule has 9 N–H and O–H groups in total. The lowest BCUT2D eigenvalue weighted by Crippen LogP contribution is -2.55. The topological polar surface area (TPSA) is 208 Å². The number of primary amides is 2. The molecule has 12 heteroatoms. The SMILES string of the molecule is CCCCOC(=O)C(CCC(C(=O)O)N(N)C(N)=O)N(N)C(N)=O. The van der Waals surface area contributed by atoms with Crippen LogP contribution in [-0.2, 0) is 14.3 Å². The van der Waals surface area contributed by atoms with Gasteiger partial charge >= 0.3 is 24.0 Å². The summed E-state index contributed by atoms with van der Waals surface area (Å²) < 4.78 is 4.96. The highest BCUT2D eigenvalue weighted by molar-refractivity contribution is 5.83. The van der Waals surface area contributed by atoms with Gasteiger partial charge in [-0.2, -0.15) is 0 Å². The Hall–Kier alpha value is -2.60. The Morgan fingerprint density at radius 1 is 1.00 bits per heavy atom. The number of carboxylic acid groups (broad SMARTS) is 1. The standard InChI is InChI=1S/C12H24N6O6/c1-2-3-6-24-10(21)8(18(16)12(14)23)5-4-7(9(19)20)17(15)11(13)22/h7-8H,2-6,15-16H2,1H3,(H2,13,22)(H2,14,23)(H,19,20). The summed E-state index contributed by atoms with van der Waals surface area (Å²) in [5.41, 5.74) is 9.96. The van der Waals surface area contributed by atoms with Crippen LogP contribution in [-0.4, -0.2) is 57.8 Å². The number of hydrogen-bond donors (Lipinski definition) is 5. The van der Waals surface area contributed by atoms with Gasteiger partial charge in [-0.05, 0) is 19.3 Å². The van der Waals surface area contributed by atoms with E-state index >= 15 is 0 Å². The Bertz CT molecular complexity index is 473. The Labute approximate surface area is 138 Å². The number of ether oxygens (including phenoxy) is 1. The molecule has 0 aliphatic heterocycles. The monoisotopic (exact) mass is 348 g/mol. The summed E-state index contributed by atoms with van der Waals surface area (Å²) in [5, 5.41) is 9.84. The predicted octanol–water partition coefficient (Wildman–Crippen LogP) is -1.56. The van der Waals surface area contributed by atoms with Crippen LogP contribution < -0.4 is 23.2 Å². The molecule has 0 aromatic rings. The Balaban J connectivity index is 5.03. The van der Waals surface area contributed by atoms with Gasteiger partial charge in [0.05, 0.1) is 6.61 Å². The molecule has 0 aliphatic carbocycles. The van der Waals surface area contributed by atoms with Crippen molar-refractivity contribution in [2.24, 2.45) is 23.2 Å². The van der Waals surface area contributed by atoms with Crippen molar-refractivity contribution in [3.8, 4) is 0 Å². The van der Waals surface area contributed by atoms with Crippen LogP contribution >= 0.6 is 0 Å². The third-order valence-corrected chi connectivity index (χ3v) is 3.19. The van der Waals surface area contributed by atoms with Gasteiger partial charge in [-0.15, -0.1) is 0 Å². The number of rotatable bonds is 10. The summed E-state index contributed by atoms with van der Waals surface area (Å²) >= 11 is 0. The van der Waals surface area contributed by atoms with Gasteiger partial charge in [-0.25, -0.2) is 40.9 Å². The Morgan fingerprint density at radius 3 is 1.88 bits per heavy atom. The van der Waals surface area contributed by atoms with Crippen molar-refractivity contribution in [3.05, 3.63) is 0 Å². The first-order valence-corrected chi connectivity index (χ1v) is 7.19. The fourth-order valence-corrected chi connectivity index (χ4v) is 1.79. The number of unbranched alkanes of at least 4 members (excludes halogenated alkanes) is 1. The first-order chi connectivity index (χ1) is 11.1. The van der Waals surface area contributed by atoms with E-state index in [4.69, 9.17) is 33.0 Å². The van der Waals surface area contributed by atoms with E-state index in [1.807, 2.05) is 6.92 Å². The predicted molar refractivity (Wildman–Crippen MR) is 81.5 cm³/mol. The minimum atomic E-state index is -1.50. The van der Waals surface area contributed by atoms with E-state index in [0.29, 0.717) is 16.4 Å². The van der Waals surface area contributed by atoms with Gasteiger partial charge in [0.15, 0.2) is 0 Å². The molecular formula is C12H24N6O6. The zero-order valence-corrected chi connectivity index (χ0v) is 13.4. The number of nitrogens with zero attached hydrogens (tertiary/aromatic N) is 2. The van der Waals surface area contributed by atoms with Crippen molar-refractivity contribution >= 4 is 24.0 Å². The number of esters is 1. The number of hydrogen-bond acceptors (Lipinski definition) is 7. The van der Waals surface area contributed by atoms with Crippen LogP contribution in [0.15, 0.2) is 0 Å². The van der Waals surface area contributed by atoms with E-state index in [1.165, 1.54) is 0 Å². The molecule has 138 valence electrons. The average molecular weight is 348 g/mol. The van der Waals surface area contributed by atoms with Crippen LogP contribution in [0, 0.1) is 0 Å². The Kier molecular flexibility index (Phi) is 9.12. The molecule has 0 saturated carbocycles. The second kappa shape index (κ2) is 10.2. The highest BCUT2D eigenvalue weighted by Crippen LogP contribution is 2.12. The minimum absolute atomic E-state index is 0.116. The molecule has 2 atom stereocenters. The molecule has 0 radical (unpaired) electrons. The molecule has 4 amide bonds. The maximum atomic E-state index is 12.0. The van der Waals surface area contributed by atoms with Gasteiger partial charge in [0.25, 0.3) is 0 Å². The molecule has 24 heavy (non-hydrogen) atoms. The summed E-state index contributed by atoms with van der Waals surface area (Å²) in [6.45, 7) is 2.01. The number of carbonyl (C=O) groups excluding carboxylic acids is 3. The number of urea groups is 2. The zero-order valence-electron chi connectivity index (χ0n) is 13.4. The minimum Gasteiger partial charge on any atom is -0.480 e. The molecular weight excluding hydrogens is 324 g/mol. The van der Waals surface area contributed by atoms with Crippen LogP contribution in [0.2, 0.25) is 0 Å². The van der Waals surface area contributed by atoms with Crippen LogP contribution in [0.5, 0.6) is 0 Å². The fraction of sp³-hybridized carbons (Fsp3) is 0.667. The number of hydrazine groups is 2. The van der Waals surface area contributed by atoms with Crippen LogP contribution in [0.4, 0.5) is 9.59 Å². The Morgan fingerprint density at radius 2 is 1.46 bits per heavy atom. The van der Waals surface area contributed by atoms with Gasteiger partial charge in [-0.3, -0.25) is 0 Å². The van der Waals surface area contributed by atoms with Gasteiger partial charge in [0, 0.05) is 0 Å². The van der Waals surface area contributed by atoms with E-state index in [2.05, 4.69) is 0 Å². The molecule has 0 aliphatic rings. The number of carboxylic acids is 1. The van der Waals surface area contributed by atoms with E-state index in [0.717, 1.165) is 6.42 Å². The van der Waals surface area contributed by atoms with E-state index in [9.17, 15) is 19.2 Å². The molecule has 2 unspecified atom stereocenters. The lowest BCUT2D eigenvalue weighted by atomic mass is 10.1. The third-order valence-electron chi connectivity index (χ3n) is 3.19.